The van der Waals surface area contributed by atoms with Crippen LogP contribution in [0.1, 0.15) is 62.3 Å². The van der Waals surface area contributed by atoms with Gasteiger partial charge < -0.3 is 29.0 Å². The van der Waals surface area contributed by atoms with Crippen LogP contribution in [0, 0.1) is 0 Å². The number of carbonyl (C=O) groups is 3. The maximum absolute atomic E-state index is 13.7. The van der Waals surface area contributed by atoms with E-state index in [2.05, 4.69) is 10.00 Å². The molecule has 49 heavy (non-hydrogen) atoms. The highest BCUT2D eigenvalue weighted by Gasteiger charge is 2.29. The lowest BCUT2D eigenvalue weighted by Gasteiger charge is -2.35. The number of amides is 1. The van der Waals surface area contributed by atoms with Crippen molar-refractivity contribution in [2.75, 3.05) is 39.3 Å². The molecule has 3 heterocycles. The van der Waals surface area contributed by atoms with E-state index in [0.717, 1.165) is 4.68 Å². The molecule has 264 valence electrons. The van der Waals surface area contributed by atoms with Gasteiger partial charge in [-0.15, -0.1) is 0 Å². The number of benzene rings is 2. The van der Waals surface area contributed by atoms with Crippen molar-refractivity contribution >= 4 is 40.1 Å². The van der Waals surface area contributed by atoms with Gasteiger partial charge in [0.1, 0.15) is 40.6 Å². The number of rotatable bonds is 5. The molecule has 2 aromatic carbocycles. The molecule has 1 aliphatic rings. The summed E-state index contributed by atoms with van der Waals surface area (Å²) in [5, 5.41) is 16.1. The minimum Gasteiger partial charge on any atom is -0.508 e. The molecule has 0 aliphatic carbocycles. The summed E-state index contributed by atoms with van der Waals surface area (Å²) in [6.07, 6.45) is -1.62. The summed E-state index contributed by atoms with van der Waals surface area (Å²) in [5.74, 6) is 0.578. The molecule has 1 N–H and O–H groups in total. The van der Waals surface area contributed by atoms with Gasteiger partial charge in [-0.05, 0) is 105 Å². The summed E-state index contributed by atoms with van der Waals surface area (Å²) < 4.78 is 25.6. The number of fused-ring (bicyclic) bond motifs is 2. The molecule has 1 amide bonds. The van der Waals surface area contributed by atoms with E-state index in [-0.39, 0.29) is 17.5 Å². The Bertz CT molecular complexity index is 1860. The number of phenols is 1. The first-order valence-corrected chi connectivity index (χ1v) is 16.5. The molecule has 0 atom stereocenters. The smallest absolute Gasteiger partial charge is 0.435 e. The predicted molar refractivity (Wildman–Crippen MR) is 185 cm³/mol. The first kappa shape index (κ1) is 35.5. The fraction of sp³-hybridized carbons (Fsp3) is 0.500. The van der Waals surface area contributed by atoms with Gasteiger partial charge >= 0.3 is 18.3 Å². The zero-order chi connectivity index (χ0) is 35.9. The first-order valence-electron chi connectivity index (χ1n) is 16.5. The van der Waals surface area contributed by atoms with Crippen LogP contribution in [0.3, 0.4) is 0 Å². The molecule has 2 aromatic heterocycles. The van der Waals surface area contributed by atoms with Crippen LogP contribution in [-0.2, 0) is 14.2 Å². The zero-order valence-corrected chi connectivity index (χ0v) is 29.8. The minimum atomic E-state index is -0.789. The van der Waals surface area contributed by atoms with Gasteiger partial charge in [0.2, 0.25) is 0 Å². The number of hydrogen-bond donors (Lipinski definition) is 1. The third kappa shape index (κ3) is 8.63. The van der Waals surface area contributed by atoms with E-state index in [1.165, 1.54) is 16.7 Å². The van der Waals surface area contributed by atoms with E-state index in [1.54, 1.807) is 70.7 Å². The molecule has 0 spiro atoms. The van der Waals surface area contributed by atoms with Crippen LogP contribution in [0.5, 0.6) is 11.5 Å². The average Bonchev–Trinajstić information content (AvgIpc) is 3.53. The van der Waals surface area contributed by atoms with Crippen molar-refractivity contribution in [1.29, 1.82) is 0 Å². The van der Waals surface area contributed by atoms with Crippen LogP contribution in [-0.4, -0.2) is 104 Å². The predicted octanol–water partition coefficient (Wildman–Crippen LogP) is 6.86. The number of ether oxygens (including phenoxy) is 4. The van der Waals surface area contributed by atoms with Crippen LogP contribution in [0.25, 0.3) is 33.2 Å². The summed E-state index contributed by atoms with van der Waals surface area (Å²) >= 11 is 0. The molecule has 5 rings (SSSR count). The third-order valence-corrected chi connectivity index (χ3v) is 7.52. The Labute approximate surface area is 286 Å². The highest BCUT2D eigenvalue weighted by molar-refractivity contribution is 6.03. The monoisotopic (exact) mass is 677 g/mol. The molecule has 13 heteroatoms. The standard InChI is InChI=1S/C36H47N5O8/c1-34(2,3)47-31(43)39-16-14-38(15-17-39)18-19-46-25-11-13-27-23(20-25)21-29(40(27)32(44)48-35(4,5)6)30-26-22-24(42)10-12-28(26)41(37-30)33(45)49-36(7,8)9/h10-13,20-22,42H,14-19H2,1-9H3. The molecule has 0 bridgehead atoms. The number of hydrogen-bond acceptors (Lipinski definition) is 10. The molecular weight excluding hydrogens is 630 g/mol. The van der Waals surface area contributed by atoms with E-state index >= 15 is 0 Å². The Morgan fingerprint density at radius 2 is 1.33 bits per heavy atom. The van der Waals surface area contributed by atoms with E-state index in [4.69, 9.17) is 18.9 Å². The lowest BCUT2D eigenvalue weighted by Crippen LogP contribution is -2.50. The summed E-state index contributed by atoms with van der Waals surface area (Å²) in [5.41, 5.74) is -0.496. The van der Waals surface area contributed by atoms with Crippen molar-refractivity contribution in [3.05, 3.63) is 42.5 Å². The van der Waals surface area contributed by atoms with Gasteiger partial charge in [-0.3, -0.25) is 4.90 Å². The van der Waals surface area contributed by atoms with Crippen molar-refractivity contribution in [2.24, 2.45) is 0 Å². The first-order chi connectivity index (χ1) is 22.8. The number of nitrogens with zero attached hydrogens (tertiary/aromatic N) is 5. The number of carbonyl (C=O) groups excluding carboxylic acids is 3. The molecule has 1 saturated heterocycles. The second-order valence-electron chi connectivity index (χ2n) is 15.2. The van der Waals surface area contributed by atoms with E-state index < -0.39 is 29.0 Å². The quantitative estimate of drug-likeness (QED) is 0.223. The Hall–Kier alpha value is -4.78. The van der Waals surface area contributed by atoms with Crippen molar-refractivity contribution in [2.45, 2.75) is 79.1 Å². The maximum atomic E-state index is 13.7. The van der Waals surface area contributed by atoms with Crippen molar-refractivity contribution < 1.29 is 38.4 Å². The topological polar surface area (TPSA) is 138 Å². The van der Waals surface area contributed by atoms with Gasteiger partial charge in [0.25, 0.3) is 0 Å². The molecule has 1 aliphatic heterocycles. The van der Waals surface area contributed by atoms with Crippen LogP contribution in [0.2, 0.25) is 0 Å². The van der Waals surface area contributed by atoms with Crippen molar-refractivity contribution in [3.63, 3.8) is 0 Å². The molecule has 1 fully saturated rings. The average molecular weight is 678 g/mol. The lowest BCUT2D eigenvalue weighted by atomic mass is 10.1. The second kappa shape index (κ2) is 13.3. The van der Waals surface area contributed by atoms with E-state index in [0.29, 0.717) is 72.6 Å². The highest BCUT2D eigenvalue weighted by atomic mass is 16.6. The molecule has 0 radical (unpaired) electrons. The molecule has 13 nitrogen and oxygen atoms in total. The zero-order valence-electron chi connectivity index (χ0n) is 29.8. The lowest BCUT2D eigenvalue weighted by molar-refractivity contribution is 0.0136. The van der Waals surface area contributed by atoms with Crippen LogP contribution in [0.4, 0.5) is 14.4 Å². The summed E-state index contributed by atoms with van der Waals surface area (Å²) in [6, 6.07) is 11.7. The van der Waals surface area contributed by atoms with Crippen LogP contribution >= 0.6 is 0 Å². The molecule has 4 aromatic rings. The van der Waals surface area contributed by atoms with Gasteiger partial charge in [0, 0.05) is 43.5 Å². The number of phenolic OH excluding ortho intramolecular Hbond substituents is 1. The van der Waals surface area contributed by atoms with E-state index in [9.17, 15) is 19.5 Å². The number of piperazine rings is 1. The Morgan fingerprint density at radius 3 is 1.96 bits per heavy atom. The van der Waals surface area contributed by atoms with Crippen LogP contribution in [0.15, 0.2) is 42.5 Å². The van der Waals surface area contributed by atoms with Crippen molar-refractivity contribution in [3.8, 4) is 22.9 Å². The largest absolute Gasteiger partial charge is 0.508 e. The molecule has 0 unspecified atom stereocenters. The summed E-state index contributed by atoms with van der Waals surface area (Å²) in [7, 11) is 0. The number of aromatic hydroxyl groups is 1. The third-order valence-electron chi connectivity index (χ3n) is 7.52. The van der Waals surface area contributed by atoms with Gasteiger partial charge in [0.15, 0.2) is 0 Å². The fourth-order valence-corrected chi connectivity index (χ4v) is 5.47. The van der Waals surface area contributed by atoms with Gasteiger partial charge in [-0.25, -0.2) is 19.0 Å². The Kier molecular flexibility index (Phi) is 9.61. The summed E-state index contributed by atoms with van der Waals surface area (Å²) in [6.45, 7) is 19.9. The molecule has 0 saturated carbocycles. The van der Waals surface area contributed by atoms with E-state index in [1.807, 2.05) is 26.8 Å². The van der Waals surface area contributed by atoms with Crippen molar-refractivity contribution in [1.82, 2.24) is 24.1 Å². The highest BCUT2D eigenvalue weighted by Crippen LogP contribution is 2.36. The van der Waals surface area contributed by atoms with Gasteiger partial charge in [0.05, 0.1) is 16.7 Å². The summed E-state index contributed by atoms with van der Waals surface area (Å²) in [4.78, 5) is 43.3. The maximum Gasteiger partial charge on any atom is 0.435 e. The fourth-order valence-electron chi connectivity index (χ4n) is 5.47. The van der Waals surface area contributed by atoms with Crippen LogP contribution < -0.4 is 4.74 Å². The Morgan fingerprint density at radius 1 is 0.735 bits per heavy atom. The normalized spacial score (nSPS) is 14.7. The second-order valence-corrected chi connectivity index (χ2v) is 15.2. The SMILES string of the molecule is CC(C)(C)OC(=O)N1CCN(CCOc2ccc3c(c2)cc(-c2nn(C(=O)OC(C)(C)C)c4ccc(O)cc24)n3C(=O)OC(C)(C)C)CC1. The molecular formula is C36H47N5O8. The minimum absolute atomic E-state index is 0.0284. The van der Waals surface area contributed by atoms with Gasteiger partial charge in [-0.2, -0.15) is 9.78 Å². The number of aromatic nitrogens is 3. The van der Waals surface area contributed by atoms with Gasteiger partial charge in [-0.1, -0.05) is 0 Å². The Balaban J connectivity index is 1.42.